The zero-order valence-corrected chi connectivity index (χ0v) is 13.1. The van der Waals surface area contributed by atoms with E-state index in [9.17, 15) is 0 Å². The summed E-state index contributed by atoms with van der Waals surface area (Å²) in [5.74, 6) is 0.983. The number of hydrogen-bond donors (Lipinski definition) is 1. The number of ether oxygens (including phenoxy) is 1. The summed E-state index contributed by atoms with van der Waals surface area (Å²) >= 11 is 0. The molecule has 0 saturated heterocycles. The van der Waals surface area contributed by atoms with E-state index in [2.05, 4.69) is 50.2 Å². The molecule has 1 rings (SSSR count). The fourth-order valence-electron chi connectivity index (χ4n) is 2.33. The Balaban J connectivity index is 2.70. The van der Waals surface area contributed by atoms with E-state index >= 15 is 0 Å². The molecule has 3 nitrogen and oxygen atoms in total. The van der Waals surface area contributed by atoms with Gasteiger partial charge in [0.05, 0.1) is 7.11 Å². The van der Waals surface area contributed by atoms with Crippen LogP contribution in [0.1, 0.15) is 26.3 Å². The van der Waals surface area contributed by atoms with Crippen molar-refractivity contribution < 1.29 is 4.74 Å². The molecule has 1 aromatic carbocycles. The molecule has 19 heavy (non-hydrogen) atoms. The van der Waals surface area contributed by atoms with E-state index in [1.165, 1.54) is 5.56 Å². The minimum atomic E-state index is 0.474. The van der Waals surface area contributed by atoms with Crippen molar-refractivity contribution in [3.05, 3.63) is 29.8 Å². The Morgan fingerprint density at radius 2 is 1.84 bits per heavy atom. The molecule has 0 aliphatic carbocycles. The summed E-state index contributed by atoms with van der Waals surface area (Å²) in [7, 11) is 5.94. The van der Waals surface area contributed by atoms with Crippen molar-refractivity contribution in [3.63, 3.8) is 0 Å². The van der Waals surface area contributed by atoms with Crippen LogP contribution in [0.2, 0.25) is 0 Å². The molecule has 0 aliphatic heterocycles. The van der Waals surface area contributed by atoms with Crippen molar-refractivity contribution in [2.24, 2.45) is 0 Å². The average Bonchev–Trinajstić information content (AvgIpc) is 2.45. The highest BCUT2D eigenvalue weighted by Gasteiger charge is 2.21. The summed E-state index contributed by atoms with van der Waals surface area (Å²) < 4.78 is 5.42. The highest BCUT2D eigenvalue weighted by Crippen LogP contribution is 2.21. The molecule has 0 fully saturated rings. The quantitative estimate of drug-likeness (QED) is 0.819. The molecule has 0 heterocycles. The molecule has 0 bridgehead atoms. The SMILES string of the molecule is CNC(C)C(C)N(C)C(C)Cc1ccccc1OC. The highest BCUT2D eigenvalue weighted by molar-refractivity contribution is 5.33. The van der Waals surface area contributed by atoms with Crippen LogP contribution in [0.3, 0.4) is 0 Å². The molecule has 3 heteroatoms. The van der Waals surface area contributed by atoms with Crippen molar-refractivity contribution in [2.75, 3.05) is 21.2 Å². The van der Waals surface area contributed by atoms with Gasteiger partial charge >= 0.3 is 0 Å². The molecule has 1 aromatic rings. The van der Waals surface area contributed by atoms with E-state index in [4.69, 9.17) is 4.74 Å². The number of nitrogens with zero attached hydrogens (tertiary/aromatic N) is 1. The zero-order valence-electron chi connectivity index (χ0n) is 13.1. The molecule has 0 aromatic heterocycles. The van der Waals surface area contributed by atoms with Gasteiger partial charge in [0.15, 0.2) is 0 Å². The summed E-state index contributed by atoms with van der Waals surface area (Å²) in [6, 6.07) is 9.71. The molecule has 108 valence electrons. The van der Waals surface area contributed by atoms with Crippen LogP contribution < -0.4 is 10.1 Å². The molecular formula is C16H28N2O. The summed E-state index contributed by atoms with van der Waals surface area (Å²) in [5, 5.41) is 3.32. The van der Waals surface area contributed by atoms with E-state index in [1.807, 2.05) is 19.2 Å². The van der Waals surface area contributed by atoms with Gasteiger partial charge in [0.2, 0.25) is 0 Å². The number of likely N-dealkylation sites (N-methyl/N-ethyl adjacent to an activating group) is 2. The van der Waals surface area contributed by atoms with Crippen LogP contribution in [0.25, 0.3) is 0 Å². The van der Waals surface area contributed by atoms with Gasteiger partial charge in [-0.3, -0.25) is 4.90 Å². The van der Waals surface area contributed by atoms with Crippen molar-refractivity contribution in [2.45, 2.75) is 45.3 Å². The maximum absolute atomic E-state index is 5.42. The first-order valence-corrected chi connectivity index (χ1v) is 7.02. The van der Waals surface area contributed by atoms with Crippen molar-refractivity contribution in [1.82, 2.24) is 10.2 Å². The average molecular weight is 264 g/mol. The smallest absolute Gasteiger partial charge is 0.122 e. The van der Waals surface area contributed by atoms with Crippen LogP contribution in [-0.2, 0) is 6.42 Å². The third kappa shape index (κ3) is 4.22. The van der Waals surface area contributed by atoms with E-state index in [0.717, 1.165) is 12.2 Å². The Kier molecular flexibility index (Phi) is 6.32. The number of rotatable bonds is 7. The van der Waals surface area contributed by atoms with Gasteiger partial charge in [0.1, 0.15) is 5.75 Å². The number of nitrogens with one attached hydrogen (secondary N) is 1. The minimum absolute atomic E-state index is 0.474. The minimum Gasteiger partial charge on any atom is -0.496 e. The Hall–Kier alpha value is -1.06. The van der Waals surface area contributed by atoms with Crippen LogP contribution >= 0.6 is 0 Å². The standard InChI is InChI=1S/C16H28N2O/c1-12(18(5)14(3)13(2)17-4)11-15-9-7-8-10-16(15)19-6/h7-10,12-14,17H,11H2,1-6H3. The Morgan fingerprint density at radius 1 is 1.21 bits per heavy atom. The van der Waals surface area contributed by atoms with Crippen LogP contribution in [0.5, 0.6) is 5.75 Å². The third-order valence-corrected chi connectivity index (χ3v) is 4.22. The normalized spacial score (nSPS) is 16.2. The van der Waals surface area contributed by atoms with E-state index in [-0.39, 0.29) is 0 Å². The lowest BCUT2D eigenvalue weighted by Gasteiger charge is -2.34. The van der Waals surface area contributed by atoms with Gasteiger partial charge in [-0.1, -0.05) is 18.2 Å². The first-order chi connectivity index (χ1) is 9.01. The lowest BCUT2D eigenvalue weighted by atomic mass is 10.0. The van der Waals surface area contributed by atoms with Crippen molar-refractivity contribution >= 4 is 0 Å². The van der Waals surface area contributed by atoms with Gasteiger partial charge in [0.25, 0.3) is 0 Å². The lowest BCUT2D eigenvalue weighted by Crippen LogP contribution is -2.48. The first kappa shape index (κ1) is 16.0. The second-order valence-corrected chi connectivity index (χ2v) is 5.35. The number of hydrogen-bond acceptors (Lipinski definition) is 3. The maximum atomic E-state index is 5.42. The lowest BCUT2D eigenvalue weighted by molar-refractivity contribution is 0.166. The summed E-state index contributed by atoms with van der Waals surface area (Å²) in [6.45, 7) is 6.75. The predicted octanol–water partition coefficient (Wildman–Crippen LogP) is 2.55. The van der Waals surface area contributed by atoms with Gasteiger partial charge in [-0.05, 0) is 52.9 Å². The third-order valence-electron chi connectivity index (χ3n) is 4.22. The maximum Gasteiger partial charge on any atom is 0.122 e. The van der Waals surface area contributed by atoms with Gasteiger partial charge in [-0.25, -0.2) is 0 Å². The fraction of sp³-hybridized carbons (Fsp3) is 0.625. The molecule has 0 saturated carbocycles. The van der Waals surface area contributed by atoms with Crippen molar-refractivity contribution in [1.29, 1.82) is 0 Å². The first-order valence-electron chi connectivity index (χ1n) is 7.02. The highest BCUT2D eigenvalue weighted by atomic mass is 16.5. The van der Waals surface area contributed by atoms with Crippen LogP contribution in [0.4, 0.5) is 0 Å². The van der Waals surface area contributed by atoms with Crippen LogP contribution in [0, 0.1) is 0 Å². The van der Waals surface area contributed by atoms with Crippen LogP contribution in [-0.4, -0.2) is 44.2 Å². The molecule has 3 atom stereocenters. The molecular weight excluding hydrogens is 236 g/mol. The van der Waals surface area contributed by atoms with Gasteiger partial charge in [-0.15, -0.1) is 0 Å². The molecule has 0 radical (unpaired) electrons. The second-order valence-electron chi connectivity index (χ2n) is 5.35. The molecule has 0 spiro atoms. The molecule has 0 aliphatic rings. The van der Waals surface area contributed by atoms with Gasteiger partial charge in [-0.2, -0.15) is 0 Å². The summed E-state index contributed by atoms with van der Waals surface area (Å²) in [4.78, 5) is 2.42. The molecule has 0 amide bonds. The zero-order chi connectivity index (χ0) is 14.4. The fourth-order valence-corrected chi connectivity index (χ4v) is 2.33. The van der Waals surface area contributed by atoms with E-state index in [1.54, 1.807) is 7.11 Å². The molecule has 1 N–H and O–H groups in total. The second kappa shape index (κ2) is 7.51. The monoisotopic (exact) mass is 264 g/mol. The number of methoxy groups -OCH3 is 1. The van der Waals surface area contributed by atoms with Crippen LogP contribution in [0.15, 0.2) is 24.3 Å². The Bertz CT molecular complexity index is 381. The van der Waals surface area contributed by atoms with E-state index < -0.39 is 0 Å². The van der Waals surface area contributed by atoms with Crippen molar-refractivity contribution in [3.8, 4) is 5.75 Å². The number of benzene rings is 1. The summed E-state index contributed by atoms with van der Waals surface area (Å²) in [5.41, 5.74) is 1.27. The van der Waals surface area contributed by atoms with Gasteiger partial charge in [0, 0.05) is 18.1 Å². The number of para-hydroxylation sites is 1. The van der Waals surface area contributed by atoms with E-state index in [0.29, 0.717) is 18.1 Å². The summed E-state index contributed by atoms with van der Waals surface area (Å²) in [6.07, 6.45) is 1.00. The predicted molar refractivity (Wildman–Crippen MR) is 81.9 cm³/mol. The topological polar surface area (TPSA) is 24.5 Å². The molecule has 3 unspecified atom stereocenters. The largest absolute Gasteiger partial charge is 0.496 e. The Labute approximate surface area is 118 Å². The Morgan fingerprint density at radius 3 is 2.42 bits per heavy atom. The van der Waals surface area contributed by atoms with Gasteiger partial charge < -0.3 is 10.1 Å².